The molecule has 0 aromatic heterocycles. The van der Waals surface area contributed by atoms with Crippen LogP contribution in [0.5, 0.6) is 0 Å². The number of hydrogen-bond acceptors (Lipinski definition) is 2. The fourth-order valence-corrected chi connectivity index (χ4v) is 1.85. The molecule has 0 bridgehead atoms. The van der Waals surface area contributed by atoms with Gasteiger partial charge in [0.15, 0.2) is 0 Å². The summed E-state index contributed by atoms with van der Waals surface area (Å²) in [6, 6.07) is 6.47. The zero-order valence-corrected chi connectivity index (χ0v) is 9.49. The first-order chi connectivity index (χ1) is 7.11. The Morgan fingerprint density at radius 2 is 2.13 bits per heavy atom. The molecule has 78 valence electrons. The summed E-state index contributed by atoms with van der Waals surface area (Å²) in [4.78, 5) is 6.66. The lowest BCUT2D eigenvalue weighted by atomic mass is 10.0. The Kier molecular flexibility index (Phi) is 2.35. The molecule has 1 unspecified atom stereocenters. The predicted molar refractivity (Wildman–Crippen MR) is 65.6 cm³/mol. The van der Waals surface area contributed by atoms with E-state index in [0.29, 0.717) is 6.04 Å². The summed E-state index contributed by atoms with van der Waals surface area (Å²) in [5.41, 5.74) is 4.47. The lowest BCUT2D eigenvalue weighted by Gasteiger charge is -2.25. The average Bonchev–Trinajstić information content (AvgIpc) is 2.32. The number of rotatable bonds is 0. The molecule has 0 N–H and O–H groups in total. The maximum absolute atomic E-state index is 4.50. The van der Waals surface area contributed by atoms with Crippen molar-refractivity contribution in [3.8, 4) is 0 Å². The van der Waals surface area contributed by atoms with Crippen LogP contribution in [0.3, 0.4) is 0 Å². The lowest BCUT2D eigenvalue weighted by molar-refractivity contribution is 0.458. The minimum atomic E-state index is 0.296. The minimum absolute atomic E-state index is 0.296. The highest BCUT2D eigenvalue weighted by Gasteiger charge is 2.18. The van der Waals surface area contributed by atoms with Gasteiger partial charge in [-0.1, -0.05) is 18.7 Å². The molecular formula is C13H16N2. The molecular weight excluding hydrogens is 184 g/mol. The van der Waals surface area contributed by atoms with E-state index in [1.165, 1.54) is 11.1 Å². The fraction of sp³-hybridized carbons (Fsp3) is 0.308. The molecule has 0 aliphatic carbocycles. The van der Waals surface area contributed by atoms with Gasteiger partial charge in [0, 0.05) is 24.5 Å². The summed E-state index contributed by atoms with van der Waals surface area (Å²) in [5.74, 6) is 0. The first-order valence-electron chi connectivity index (χ1n) is 5.17. The number of aryl methyl sites for hydroxylation is 1. The highest BCUT2D eigenvalue weighted by molar-refractivity contribution is 5.83. The van der Waals surface area contributed by atoms with Gasteiger partial charge in [0.1, 0.15) is 0 Å². The zero-order chi connectivity index (χ0) is 11.0. The van der Waals surface area contributed by atoms with Crippen molar-refractivity contribution in [2.45, 2.75) is 19.9 Å². The van der Waals surface area contributed by atoms with Crippen LogP contribution >= 0.6 is 0 Å². The Labute approximate surface area is 90.9 Å². The molecule has 0 amide bonds. The van der Waals surface area contributed by atoms with Gasteiger partial charge in [0.2, 0.25) is 0 Å². The molecule has 2 heteroatoms. The molecule has 2 rings (SSSR count). The van der Waals surface area contributed by atoms with Crippen LogP contribution in [0, 0.1) is 6.92 Å². The van der Waals surface area contributed by atoms with Gasteiger partial charge in [-0.05, 0) is 25.5 Å². The van der Waals surface area contributed by atoms with Crippen LogP contribution in [0.1, 0.15) is 18.1 Å². The highest BCUT2D eigenvalue weighted by Crippen LogP contribution is 2.32. The van der Waals surface area contributed by atoms with E-state index in [-0.39, 0.29) is 0 Å². The monoisotopic (exact) mass is 200 g/mol. The Bertz CT molecular complexity index is 432. The third kappa shape index (κ3) is 1.56. The first kappa shape index (κ1) is 9.97. The second kappa shape index (κ2) is 3.54. The Hall–Kier alpha value is -1.57. The maximum atomic E-state index is 4.50. The Morgan fingerprint density at radius 1 is 1.40 bits per heavy atom. The number of nitrogens with zero attached hydrogens (tertiary/aromatic N) is 2. The van der Waals surface area contributed by atoms with Crippen molar-refractivity contribution in [1.29, 1.82) is 0 Å². The van der Waals surface area contributed by atoms with E-state index in [4.69, 9.17) is 0 Å². The van der Waals surface area contributed by atoms with Crippen molar-refractivity contribution in [3.63, 3.8) is 0 Å². The van der Waals surface area contributed by atoms with Crippen LogP contribution in [0.2, 0.25) is 0 Å². The third-order valence-corrected chi connectivity index (χ3v) is 3.01. The van der Waals surface area contributed by atoms with Crippen molar-refractivity contribution < 1.29 is 0 Å². The van der Waals surface area contributed by atoms with Crippen LogP contribution in [-0.4, -0.2) is 24.2 Å². The largest absolute Gasteiger partial charge is 0.367 e. The zero-order valence-electron chi connectivity index (χ0n) is 9.49. The molecule has 1 aromatic carbocycles. The molecule has 2 nitrogen and oxygen atoms in total. The molecule has 0 fully saturated rings. The number of benzene rings is 1. The quantitative estimate of drug-likeness (QED) is 0.628. The van der Waals surface area contributed by atoms with Crippen molar-refractivity contribution in [2.24, 2.45) is 4.99 Å². The van der Waals surface area contributed by atoms with Crippen LogP contribution in [0.25, 0.3) is 5.70 Å². The molecule has 0 saturated carbocycles. The smallest absolute Gasteiger partial charge is 0.0722 e. The van der Waals surface area contributed by atoms with Gasteiger partial charge < -0.3 is 4.90 Å². The van der Waals surface area contributed by atoms with Crippen molar-refractivity contribution in [2.75, 3.05) is 7.05 Å². The lowest BCUT2D eigenvalue weighted by Crippen LogP contribution is -2.27. The van der Waals surface area contributed by atoms with E-state index in [9.17, 15) is 0 Å². The van der Waals surface area contributed by atoms with Gasteiger partial charge in [-0.3, -0.25) is 4.99 Å². The highest BCUT2D eigenvalue weighted by atomic mass is 15.1. The number of aliphatic imine (C=N–C) groups is 1. The molecule has 1 aliphatic heterocycles. The Balaban J connectivity index is 2.62. The van der Waals surface area contributed by atoms with E-state index in [1.54, 1.807) is 0 Å². The summed E-state index contributed by atoms with van der Waals surface area (Å²) in [6.45, 7) is 8.38. The van der Waals surface area contributed by atoms with Gasteiger partial charge in [-0.2, -0.15) is 0 Å². The second-order valence-corrected chi connectivity index (χ2v) is 4.05. The molecule has 1 atom stereocenters. The SMILES string of the molecule is C=C1c2c(C)cccc2N=CC(C)N1C. The van der Waals surface area contributed by atoms with E-state index < -0.39 is 0 Å². The van der Waals surface area contributed by atoms with Crippen molar-refractivity contribution >= 4 is 17.6 Å². The molecule has 0 spiro atoms. The van der Waals surface area contributed by atoms with Crippen molar-refractivity contribution in [3.05, 3.63) is 35.9 Å². The van der Waals surface area contributed by atoms with Crippen molar-refractivity contribution in [1.82, 2.24) is 4.90 Å². The standard InChI is InChI=1S/C13H16N2/c1-9-6-5-7-12-13(9)11(3)15(4)10(2)8-14-12/h5-8,10H,3H2,1-2,4H3. The van der Waals surface area contributed by atoms with Crippen LogP contribution in [0.15, 0.2) is 29.8 Å². The third-order valence-electron chi connectivity index (χ3n) is 3.01. The van der Waals surface area contributed by atoms with Crippen LogP contribution < -0.4 is 0 Å². The van der Waals surface area contributed by atoms with E-state index in [0.717, 1.165) is 11.4 Å². The molecule has 1 heterocycles. The number of fused-ring (bicyclic) bond motifs is 1. The van der Waals surface area contributed by atoms with Gasteiger partial charge in [-0.25, -0.2) is 0 Å². The first-order valence-corrected chi connectivity index (χ1v) is 5.17. The molecule has 1 aliphatic rings. The Morgan fingerprint density at radius 3 is 2.87 bits per heavy atom. The van der Waals surface area contributed by atoms with Gasteiger partial charge >= 0.3 is 0 Å². The minimum Gasteiger partial charge on any atom is -0.367 e. The summed E-state index contributed by atoms with van der Waals surface area (Å²) >= 11 is 0. The predicted octanol–water partition coefficient (Wildman–Crippen LogP) is 3.00. The average molecular weight is 200 g/mol. The van der Waals surface area contributed by atoms with Crippen LogP contribution in [0.4, 0.5) is 5.69 Å². The van der Waals surface area contributed by atoms with Crippen LogP contribution in [-0.2, 0) is 0 Å². The molecule has 15 heavy (non-hydrogen) atoms. The van der Waals surface area contributed by atoms with Gasteiger partial charge in [0.25, 0.3) is 0 Å². The second-order valence-electron chi connectivity index (χ2n) is 4.05. The molecule has 1 aromatic rings. The van der Waals surface area contributed by atoms with Gasteiger partial charge in [-0.15, -0.1) is 0 Å². The summed E-state index contributed by atoms with van der Waals surface area (Å²) in [5, 5.41) is 0. The fourth-order valence-electron chi connectivity index (χ4n) is 1.85. The summed E-state index contributed by atoms with van der Waals surface area (Å²) < 4.78 is 0. The van der Waals surface area contributed by atoms with E-state index >= 15 is 0 Å². The summed E-state index contributed by atoms with van der Waals surface area (Å²) in [6.07, 6.45) is 1.97. The molecule has 0 radical (unpaired) electrons. The maximum Gasteiger partial charge on any atom is 0.0722 e. The normalized spacial score (nSPS) is 20.1. The molecule has 0 saturated heterocycles. The number of hydrogen-bond donors (Lipinski definition) is 0. The van der Waals surface area contributed by atoms with E-state index in [1.807, 2.05) is 18.3 Å². The summed E-state index contributed by atoms with van der Waals surface area (Å²) in [7, 11) is 2.06. The van der Waals surface area contributed by atoms with E-state index in [2.05, 4.69) is 43.4 Å². The van der Waals surface area contributed by atoms with Gasteiger partial charge in [0.05, 0.1) is 11.7 Å². The topological polar surface area (TPSA) is 15.6 Å².